The highest BCUT2D eigenvalue weighted by Gasteiger charge is 2.23. The summed E-state index contributed by atoms with van der Waals surface area (Å²) < 4.78 is 28.2. The van der Waals surface area contributed by atoms with Gasteiger partial charge in [0.2, 0.25) is 10.0 Å². The molecular formula is C21H21N5O3S2. The Morgan fingerprint density at radius 1 is 1.19 bits per heavy atom. The molecule has 0 aliphatic rings. The Labute approximate surface area is 184 Å². The number of hydrogen-bond donors (Lipinski definition) is 1. The lowest BCUT2D eigenvalue weighted by atomic mass is 10.1. The molecule has 10 heteroatoms. The van der Waals surface area contributed by atoms with Crippen molar-refractivity contribution in [1.29, 1.82) is 0 Å². The Balaban J connectivity index is 1.72. The van der Waals surface area contributed by atoms with E-state index < -0.39 is 15.9 Å². The van der Waals surface area contributed by atoms with Gasteiger partial charge in [-0.2, -0.15) is 5.10 Å². The number of pyridine rings is 1. The van der Waals surface area contributed by atoms with E-state index in [2.05, 4.69) is 15.4 Å². The number of thiophene rings is 1. The van der Waals surface area contributed by atoms with Crippen molar-refractivity contribution < 1.29 is 13.2 Å². The van der Waals surface area contributed by atoms with Crippen molar-refractivity contribution in [2.45, 2.75) is 18.4 Å². The molecule has 31 heavy (non-hydrogen) atoms. The lowest BCUT2D eigenvalue weighted by molar-refractivity contribution is 0.102. The Morgan fingerprint density at radius 3 is 2.68 bits per heavy atom. The van der Waals surface area contributed by atoms with Crippen LogP contribution >= 0.6 is 11.3 Å². The van der Waals surface area contributed by atoms with E-state index in [9.17, 15) is 13.2 Å². The second kappa shape index (κ2) is 8.22. The number of para-hydroxylation sites is 1. The predicted octanol–water partition coefficient (Wildman–Crippen LogP) is 3.35. The Hall–Kier alpha value is -3.08. The van der Waals surface area contributed by atoms with Gasteiger partial charge in [0.1, 0.15) is 4.90 Å². The summed E-state index contributed by atoms with van der Waals surface area (Å²) in [6.45, 7) is 2.37. The second-order valence-corrected chi connectivity index (χ2v) is 10.3. The normalized spacial score (nSPS) is 11.9. The number of fused-ring (bicyclic) bond motifs is 1. The number of anilines is 1. The highest BCUT2D eigenvalue weighted by Crippen LogP contribution is 2.26. The van der Waals surface area contributed by atoms with Crippen molar-refractivity contribution in [1.82, 2.24) is 19.1 Å². The number of benzene rings is 1. The topological polar surface area (TPSA) is 97.2 Å². The monoisotopic (exact) mass is 455 g/mol. The summed E-state index contributed by atoms with van der Waals surface area (Å²) in [5.41, 5.74) is 1.87. The third kappa shape index (κ3) is 4.09. The fourth-order valence-electron chi connectivity index (χ4n) is 3.21. The number of hydrogen-bond acceptors (Lipinski definition) is 6. The van der Waals surface area contributed by atoms with Crippen LogP contribution in [-0.4, -0.2) is 47.5 Å². The van der Waals surface area contributed by atoms with E-state index in [1.807, 2.05) is 24.4 Å². The summed E-state index contributed by atoms with van der Waals surface area (Å²) in [5, 5.41) is 9.78. The molecule has 0 unspecified atom stereocenters. The van der Waals surface area contributed by atoms with Crippen molar-refractivity contribution >= 4 is 44.0 Å². The number of nitrogens with one attached hydrogen (secondary N) is 1. The highest BCUT2D eigenvalue weighted by atomic mass is 32.2. The molecule has 1 N–H and O–H groups in total. The molecule has 3 heterocycles. The van der Waals surface area contributed by atoms with Crippen molar-refractivity contribution in [3.8, 4) is 0 Å². The molecule has 0 atom stereocenters. The average molecular weight is 456 g/mol. The number of carbonyl (C=O) groups is 1. The number of carbonyl (C=O) groups excluding carboxylic acids is 1. The second-order valence-electron chi connectivity index (χ2n) is 7.17. The highest BCUT2D eigenvalue weighted by molar-refractivity contribution is 7.89. The van der Waals surface area contributed by atoms with Crippen LogP contribution < -0.4 is 5.32 Å². The van der Waals surface area contributed by atoms with E-state index in [4.69, 9.17) is 0 Å². The van der Waals surface area contributed by atoms with Gasteiger partial charge >= 0.3 is 0 Å². The number of aromatic nitrogens is 3. The molecule has 8 nitrogen and oxygen atoms in total. The van der Waals surface area contributed by atoms with Crippen LogP contribution in [0.15, 0.2) is 58.9 Å². The van der Waals surface area contributed by atoms with Gasteiger partial charge in [-0.25, -0.2) is 22.4 Å². The van der Waals surface area contributed by atoms with Gasteiger partial charge in [0.25, 0.3) is 5.91 Å². The molecule has 4 aromatic rings. The Kier molecular flexibility index (Phi) is 5.61. The van der Waals surface area contributed by atoms with Crippen LogP contribution in [0.3, 0.4) is 0 Å². The van der Waals surface area contributed by atoms with Crippen LogP contribution in [0.4, 0.5) is 5.69 Å². The Morgan fingerprint density at radius 2 is 1.97 bits per heavy atom. The van der Waals surface area contributed by atoms with Gasteiger partial charge in [0, 0.05) is 24.7 Å². The van der Waals surface area contributed by atoms with E-state index in [1.54, 1.807) is 46.5 Å². The average Bonchev–Trinajstić information content (AvgIpc) is 3.38. The van der Waals surface area contributed by atoms with Crippen LogP contribution in [0.1, 0.15) is 20.9 Å². The van der Waals surface area contributed by atoms with Crippen molar-refractivity contribution in [3.05, 3.63) is 70.2 Å². The van der Waals surface area contributed by atoms with E-state index in [1.165, 1.54) is 20.2 Å². The number of sulfonamides is 1. The first-order valence-corrected chi connectivity index (χ1v) is 11.8. The van der Waals surface area contributed by atoms with Crippen LogP contribution in [0.2, 0.25) is 0 Å². The quantitative estimate of drug-likeness (QED) is 0.481. The molecule has 0 aliphatic carbocycles. The Bertz CT molecular complexity index is 1360. The van der Waals surface area contributed by atoms with Crippen molar-refractivity contribution in [3.63, 3.8) is 0 Å². The van der Waals surface area contributed by atoms with Gasteiger partial charge in [-0.1, -0.05) is 18.2 Å². The first-order chi connectivity index (χ1) is 14.8. The van der Waals surface area contributed by atoms with Gasteiger partial charge in [-0.3, -0.25) is 4.79 Å². The molecule has 0 radical (unpaired) electrons. The maximum atomic E-state index is 13.2. The number of aryl methyl sites for hydroxylation is 1. The van der Waals surface area contributed by atoms with Crippen LogP contribution in [-0.2, 0) is 16.6 Å². The molecule has 0 saturated heterocycles. The summed E-state index contributed by atoms with van der Waals surface area (Å²) in [6.07, 6.45) is 1.62. The molecule has 4 rings (SSSR count). The summed E-state index contributed by atoms with van der Waals surface area (Å²) in [5.74, 6) is -0.424. The molecule has 0 aliphatic heterocycles. The van der Waals surface area contributed by atoms with E-state index in [-0.39, 0.29) is 10.6 Å². The maximum absolute atomic E-state index is 13.2. The lowest BCUT2D eigenvalue weighted by Crippen LogP contribution is -2.24. The molecule has 1 amide bonds. The predicted molar refractivity (Wildman–Crippen MR) is 121 cm³/mol. The molecule has 0 fully saturated rings. The largest absolute Gasteiger partial charge is 0.321 e. The van der Waals surface area contributed by atoms with Crippen LogP contribution in [0.5, 0.6) is 0 Å². The minimum absolute atomic E-state index is 0.0313. The summed E-state index contributed by atoms with van der Waals surface area (Å²) >= 11 is 1.62. The summed E-state index contributed by atoms with van der Waals surface area (Å²) in [6, 6.07) is 12.0. The summed E-state index contributed by atoms with van der Waals surface area (Å²) in [4.78, 5) is 18.9. The molecule has 1 aromatic carbocycles. The fraction of sp³-hybridized carbons (Fsp3) is 0.190. The van der Waals surface area contributed by atoms with E-state index in [0.717, 1.165) is 9.18 Å². The minimum atomic E-state index is -3.72. The molecular weight excluding hydrogens is 434 g/mol. The van der Waals surface area contributed by atoms with Crippen molar-refractivity contribution in [2.24, 2.45) is 0 Å². The zero-order valence-electron chi connectivity index (χ0n) is 17.2. The van der Waals surface area contributed by atoms with Gasteiger partial charge in [0.05, 0.1) is 29.4 Å². The zero-order valence-corrected chi connectivity index (χ0v) is 18.9. The molecule has 0 saturated carbocycles. The molecule has 3 aromatic heterocycles. The third-order valence-corrected chi connectivity index (χ3v) is 7.50. The number of nitrogens with zero attached hydrogens (tertiary/aromatic N) is 4. The van der Waals surface area contributed by atoms with Crippen LogP contribution in [0, 0.1) is 6.92 Å². The lowest BCUT2D eigenvalue weighted by Gasteiger charge is -2.16. The SMILES string of the molecule is Cc1cc(C(=O)Nc2ccccc2S(=O)(=O)N(C)C)c2cnn(Cc3cccs3)c2n1. The smallest absolute Gasteiger partial charge is 0.256 e. The van der Waals surface area contributed by atoms with Gasteiger partial charge in [0.15, 0.2) is 5.65 Å². The number of rotatable bonds is 6. The third-order valence-electron chi connectivity index (χ3n) is 4.76. The van der Waals surface area contributed by atoms with Gasteiger partial charge < -0.3 is 5.32 Å². The first-order valence-electron chi connectivity index (χ1n) is 9.46. The van der Waals surface area contributed by atoms with E-state index >= 15 is 0 Å². The molecule has 0 spiro atoms. The zero-order chi connectivity index (χ0) is 22.2. The van der Waals surface area contributed by atoms with E-state index in [0.29, 0.717) is 28.8 Å². The summed E-state index contributed by atoms with van der Waals surface area (Å²) in [7, 11) is -0.820. The number of amides is 1. The van der Waals surface area contributed by atoms with Gasteiger partial charge in [-0.05, 0) is 36.6 Å². The fourth-order valence-corrected chi connectivity index (χ4v) is 4.93. The maximum Gasteiger partial charge on any atom is 0.256 e. The standard InChI is InChI=1S/C21H21N5O3S2/c1-14-11-16(17-12-22-26(20(17)23-14)13-15-7-6-10-30-15)21(27)24-18-8-4-5-9-19(18)31(28,29)25(2)3/h4-12H,13H2,1-3H3,(H,24,27). The van der Waals surface area contributed by atoms with Crippen LogP contribution in [0.25, 0.3) is 11.0 Å². The minimum Gasteiger partial charge on any atom is -0.321 e. The van der Waals surface area contributed by atoms with Crippen molar-refractivity contribution in [2.75, 3.05) is 19.4 Å². The molecule has 0 bridgehead atoms. The molecule has 160 valence electrons. The first kappa shape index (κ1) is 21.2. The van der Waals surface area contributed by atoms with Gasteiger partial charge in [-0.15, -0.1) is 11.3 Å².